The van der Waals surface area contributed by atoms with Crippen molar-refractivity contribution in [2.75, 3.05) is 26.7 Å². The molecule has 1 fully saturated rings. The summed E-state index contributed by atoms with van der Waals surface area (Å²) in [6, 6.07) is 18.2. The molecule has 1 aliphatic rings. The van der Waals surface area contributed by atoms with Gasteiger partial charge in [-0.1, -0.05) is 42.5 Å². The molecule has 0 aromatic heterocycles. The largest absolute Gasteiger partial charge is 0.489 e. The van der Waals surface area contributed by atoms with Crippen LogP contribution in [0, 0.1) is 5.92 Å². The van der Waals surface area contributed by atoms with Gasteiger partial charge in [0.25, 0.3) is 0 Å². The Bertz CT molecular complexity index is 837. The van der Waals surface area contributed by atoms with Gasteiger partial charge in [-0.2, -0.15) is 0 Å². The maximum absolute atomic E-state index is 11.8. The van der Waals surface area contributed by atoms with Crippen molar-refractivity contribution in [2.45, 2.75) is 32.9 Å². The summed E-state index contributed by atoms with van der Waals surface area (Å²) in [6.07, 6.45) is 1.58. The summed E-state index contributed by atoms with van der Waals surface area (Å²) in [4.78, 5) is 18.8. The highest BCUT2D eigenvalue weighted by atomic mass is 127. The Morgan fingerprint density at radius 3 is 2.48 bits per heavy atom. The monoisotopic (exact) mass is 537 g/mol. The number of carbonyl (C=O) groups excluding carboxylic acids is 1. The lowest BCUT2D eigenvalue weighted by molar-refractivity contribution is -0.146. The number of carbonyl (C=O) groups is 1. The predicted octanol–water partition coefficient (Wildman–Crippen LogP) is 4.23. The minimum Gasteiger partial charge on any atom is -0.489 e. The van der Waals surface area contributed by atoms with Gasteiger partial charge in [0.1, 0.15) is 12.4 Å². The molecule has 168 valence electrons. The number of halogens is 1. The fraction of sp³-hybridized carbons (Fsp3) is 0.417. The fourth-order valence-corrected chi connectivity index (χ4v) is 3.56. The number of esters is 1. The molecule has 1 heterocycles. The van der Waals surface area contributed by atoms with Crippen LogP contribution in [0.3, 0.4) is 0 Å². The predicted molar refractivity (Wildman–Crippen MR) is 134 cm³/mol. The number of guanidine groups is 1. The number of likely N-dealkylation sites (tertiary alicyclic amines) is 1. The average Bonchev–Trinajstić information content (AvgIpc) is 2.81. The molecule has 0 amide bonds. The molecule has 0 spiro atoms. The van der Waals surface area contributed by atoms with Gasteiger partial charge < -0.3 is 19.7 Å². The third kappa shape index (κ3) is 7.72. The molecule has 0 radical (unpaired) electrons. The first-order valence-corrected chi connectivity index (χ1v) is 10.6. The smallest absolute Gasteiger partial charge is 0.308 e. The van der Waals surface area contributed by atoms with Crippen LogP contribution in [-0.4, -0.2) is 43.6 Å². The van der Waals surface area contributed by atoms with E-state index in [1.54, 1.807) is 0 Å². The Kier molecular flexibility index (Phi) is 10.6. The highest BCUT2D eigenvalue weighted by Crippen LogP contribution is 2.19. The second-order valence-electron chi connectivity index (χ2n) is 7.38. The molecule has 31 heavy (non-hydrogen) atoms. The van der Waals surface area contributed by atoms with E-state index in [2.05, 4.69) is 35.3 Å². The number of nitrogens with zero attached hydrogens (tertiary/aromatic N) is 2. The summed E-state index contributed by atoms with van der Waals surface area (Å²) in [5, 5.41) is 3.37. The normalized spacial score (nSPS) is 14.5. The van der Waals surface area contributed by atoms with Crippen molar-refractivity contribution in [1.82, 2.24) is 10.2 Å². The third-order valence-corrected chi connectivity index (χ3v) is 5.22. The highest BCUT2D eigenvalue weighted by molar-refractivity contribution is 14.0. The molecule has 1 N–H and O–H groups in total. The minimum atomic E-state index is -0.107. The van der Waals surface area contributed by atoms with Crippen molar-refractivity contribution >= 4 is 35.9 Å². The van der Waals surface area contributed by atoms with Gasteiger partial charge in [-0.15, -0.1) is 24.0 Å². The van der Waals surface area contributed by atoms with E-state index in [0.29, 0.717) is 13.2 Å². The summed E-state index contributed by atoms with van der Waals surface area (Å²) in [6.45, 7) is 5.58. The van der Waals surface area contributed by atoms with Crippen LogP contribution >= 0.6 is 24.0 Å². The Hall–Kier alpha value is -2.29. The van der Waals surface area contributed by atoms with Gasteiger partial charge in [0, 0.05) is 19.6 Å². The van der Waals surface area contributed by atoms with Crippen LogP contribution in [-0.2, 0) is 22.7 Å². The molecule has 0 aliphatic carbocycles. The van der Waals surface area contributed by atoms with E-state index < -0.39 is 0 Å². The van der Waals surface area contributed by atoms with Crippen LogP contribution in [0.2, 0.25) is 0 Å². The van der Waals surface area contributed by atoms with Crippen molar-refractivity contribution in [1.29, 1.82) is 0 Å². The van der Waals surface area contributed by atoms with Gasteiger partial charge in [0.05, 0.1) is 19.6 Å². The Morgan fingerprint density at radius 1 is 1.10 bits per heavy atom. The Labute approximate surface area is 202 Å². The maximum Gasteiger partial charge on any atom is 0.308 e. The molecule has 0 bridgehead atoms. The lowest BCUT2D eigenvalue weighted by atomic mass is 9.97. The van der Waals surface area contributed by atoms with Crippen LogP contribution in [0.1, 0.15) is 30.9 Å². The Balaban J connectivity index is 0.00000341. The van der Waals surface area contributed by atoms with Crippen molar-refractivity contribution in [3.8, 4) is 5.75 Å². The van der Waals surface area contributed by atoms with E-state index >= 15 is 0 Å². The van der Waals surface area contributed by atoms with E-state index in [1.807, 2.05) is 36.4 Å². The van der Waals surface area contributed by atoms with Gasteiger partial charge in [0.15, 0.2) is 5.96 Å². The lowest BCUT2D eigenvalue weighted by Gasteiger charge is -2.33. The van der Waals surface area contributed by atoms with E-state index in [4.69, 9.17) is 14.5 Å². The van der Waals surface area contributed by atoms with Crippen LogP contribution < -0.4 is 10.1 Å². The molecular formula is C24H32IN3O3. The number of hydrogen-bond acceptors (Lipinski definition) is 4. The molecule has 0 saturated carbocycles. The lowest BCUT2D eigenvalue weighted by Crippen LogP contribution is -2.46. The molecule has 1 saturated heterocycles. The average molecular weight is 537 g/mol. The number of benzene rings is 2. The highest BCUT2D eigenvalue weighted by Gasteiger charge is 2.26. The molecule has 6 nitrogen and oxygen atoms in total. The number of ether oxygens (including phenoxy) is 2. The molecule has 0 unspecified atom stereocenters. The van der Waals surface area contributed by atoms with Gasteiger partial charge in [-0.25, -0.2) is 4.99 Å². The molecule has 2 aromatic rings. The number of piperidine rings is 1. The van der Waals surface area contributed by atoms with Crippen LogP contribution in [0.4, 0.5) is 0 Å². The summed E-state index contributed by atoms with van der Waals surface area (Å²) < 4.78 is 10.8. The van der Waals surface area contributed by atoms with E-state index in [1.165, 1.54) is 7.11 Å². The van der Waals surface area contributed by atoms with Crippen molar-refractivity contribution in [2.24, 2.45) is 10.9 Å². The quantitative estimate of drug-likeness (QED) is 0.248. The molecule has 3 rings (SSSR count). The summed E-state index contributed by atoms with van der Waals surface area (Å²) in [7, 11) is 1.46. The fourth-order valence-electron chi connectivity index (χ4n) is 3.56. The third-order valence-electron chi connectivity index (χ3n) is 5.22. The minimum absolute atomic E-state index is 0. The molecule has 1 aliphatic heterocycles. The van der Waals surface area contributed by atoms with Gasteiger partial charge >= 0.3 is 5.97 Å². The molecular weight excluding hydrogens is 505 g/mol. The van der Waals surface area contributed by atoms with E-state index in [0.717, 1.165) is 55.3 Å². The molecule has 0 atom stereocenters. The summed E-state index contributed by atoms with van der Waals surface area (Å²) in [5.74, 6) is 1.61. The standard InChI is InChI=1S/C24H31N3O3.HI/c1-3-25-24(27-14-12-21(13-15-27)23(28)29-2)26-17-20-10-7-11-22(16-20)30-18-19-8-5-4-6-9-19;/h4-11,16,21H,3,12-15,17-18H2,1-2H3,(H,25,26);1H. The number of hydrogen-bond donors (Lipinski definition) is 1. The first kappa shape index (κ1) is 25.0. The summed E-state index contributed by atoms with van der Waals surface area (Å²) in [5.41, 5.74) is 2.24. The topological polar surface area (TPSA) is 63.2 Å². The van der Waals surface area contributed by atoms with Crippen LogP contribution in [0.25, 0.3) is 0 Å². The van der Waals surface area contributed by atoms with Crippen LogP contribution in [0.5, 0.6) is 5.75 Å². The number of methoxy groups -OCH3 is 1. The zero-order valence-electron chi connectivity index (χ0n) is 18.3. The van der Waals surface area contributed by atoms with Crippen molar-refractivity contribution < 1.29 is 14.3 Å². The van der Waals surface area contributed by atoms with Crippen molar-refractivity contribution in [3.05, 3.63) is 65.7 Å². The van der Waals surface area contributed by atoms with Crippen molar-refractivity contribution in [3.63, 3.8) is 0 Å². The van der Waals surface area contributed by atoms with Gasteiger partial charge in [-0.05, 0) is 43.0 Å². The first-order valence-electron chi connectivity index (χ1n) is 10.6. The zero-order chi connectivity index (χ0) is 21.2. The van der Waals surface area contributed by atoms with E-state index in [-0.39, 0.29) is 35.9 Å². The summed E-state index contributed by atoms with van der Waals surface area (Å²) >= 11 is 0. The second kappa shape index (κ2) is 13.2. The maximum atomic E-state index is 11.8. The van der Waals surface area contributed by atoms with Gasteiger partial charge in [0.2, 0.25) is 0 Å². The van der Waals surface area contributed by atoms with Crippen LogP contribution in [0.15, 0.2) is 59.6 Å². The Morgan fingerprint density at radius 2 is 1.81 bits per heavy atom. The molecule has 7 heteroatoms. The number of aliphatic imine (C=N–C) groups is 1. The zero-order valence-corrected chi connectivity index (χ0v) is 20.6. The van der Waals surface area contributed by atoms with Gasteiger partial charge in [-0.3, -0.25) is 4.79 Å². The second-order valence-corrected chi connectivity index (χ2v) is 7.38. The number of nitrogens with one attached hydrogen (secondary N) is 1. The SMILES string of the molecule is CCNC(=NCc1cccc(OCc2ccccc2)c1)N1CCC(C(=O)OC)CC1.I. The molecule has 2 aromatic carbocycles. The number of rotatable bonds is 7. The van der Waals surface area contributed by atoms with E-state index in [9.17, 15) is 4.79 Å². The first-order chi connectivity index (χ1) is 14.7.